The normalized spacial score (nSPS) is 17.3. The summed E-state index contributed by atoms with van der Waals surface area (Å²) >= 11 is 0. The Bertz CT molecular complexity index is 1130. The SMILES string of the molecule is Cc1noc(C)c1S(=O)(=O)N1CCCN(C(=O)[C@H](C)NS(=O)(=O)c2ccccc2)CC1. The van der Waals surface area contributed by atoms with Crippen LogP contribution in [0, 0.1) is 13.8 Å². The van der Waals surface area contributed by atoms with Crippen molar-refractivity contribution >= 4 is 26.0 Å². The summed E-state index contributed by atoms with van der Waals surface area (Å²) in [4.78, 5) is 14.5. The van der Waals surface area contributed by atoms with Crippen LogP contribution in [0.5, 0.6) is 0 Å². The van der Waals surface area contributed by atoms with Gasteiger partial charge in [0.25, 0.3) is 0 Å². The first-order chi connectivity index (χ1) is 14.5. The summed E-state index contributed by atoms with van der Waals surface area (Å²) in [6.07, 6.45) is 0.423. The minimum Gasteiger partial charge on any atom is -0.360 e. The third-order valence-corrected chi connectivity index (χ3v) is 8.79. The number of aryl methyl sites for hydroxylation is 2. The van der Waals surface area contributed by atoms with Crippen LogP contribution in [-0.2, 0) is 24.8 Å². The lowest BCUT2D eigenvalue weighted by atomic mass is 10.3. The number of hydrogen-bond donors (Lipinski definition) is 1. The van der Waals surface area contributed by atoms with Crippen molar-refractivity contribution in [1.29, 1.82) is 0 Å². The van der Waals surface area contributed by atoms with Crippen molar-refractivity contribution in [3.8, 4) is 0 Å². The van der Waals surface area contributed by atoms with Gasteiger partial charge in [-0.1, -0.05) is 23.4 Å². The molecule has 1 atom stereocenters. The molecule has 2 aromatic rings. The van der Waals surface area contributed by atoms with Crippen LogP contribution >= 0.6 is 0 Å². The minimum absolute atomic E-state index is 0.0521. The highest BCUT2D eigenvalue weighted by atomic mass is 32.2. The van der Waals surface area contributed by atoms with Crippen molar-refractivity contribution in [3.05, 3.63) is 41.8 Å². The van der Waals surface area contributed by atoms with Gasteiger partial charge >= 0.3 is 0 Å². The highest BCUT2D eigenvalue weighted by molar-refractivity contribution is 7.89. The summed E-state index contributed by atoms with van der Waals surface area (Å²) < 4.78 is 59.7. The smallest absolute Gasteiger partial charge is 0.248 e. The molecule has 170 valence electrons. The van der Waals surface area contributed by atoms with Crippen molar-refractivity contribution < 1.29 is 26.2 Å². The summed E-state index contributed by atoms with van der Waals surface area (Å²) in [7, 11) is -7.66. The molecule has 0 bridgehead atoms. The van der Waals surface area contributed by atoms with Crippen LogP contribution in [0.3, 0.4) is 0 Å². The molecular formula is C19H26N4O6S2. The van der Waals surface area contributed by atoms with E-state index >= 15 is 0 Å². The Labute approximate surface area is 182 Å². The Morgan fingerprint density at radius 2 is 1.74 bits per heavy atom. The maximum absolute atomic E-state index is 13.0. The molecule has 0 spiro atoms. The molecule has 12 heteroatoms. The average molecular weight is 471 g/mol. The van der Waals surface area contributed by atoms with Gasteiger partial charge in [0.1, 0.15) is 10.6 Å². The van der Waals surface area contributed by atoms with E-state index in [1.54, 1.807) is 32.0 Å². The van der Waals surface area contributed by atoms with Crippen LogP contribution in [0.15, 0.2) is 44.6 Å². The summed E-state index contributed by atoms with van der Waals surface area (Å²) in [5.41, 5.74) is 0.290. The number of rotatable bonds is 6. The molecule has 1 fully saturated rings. The zero-order valence-corrected chi connectivity index (χ0v) is 19.2. The van der Waals surface area contributed by atoms with Gasteiger partial charge in [0, 0.05) is 26.2 Å². The first-order valence-corrected chi connectivity index (χ1v) is 12.8. The average Bonchev–Trinajstić information content (AvgIpc) is 2.92. The first-order valence-electron chi connectivity index (χ1n) is 9.83. The topological polar surface area (TPSA) is 130 Å². The zero-order chi connectivity index (χ0) is 22.8. The maximum atomic E-state index is 13.0. The molecule has 0 saturated carbocycles. The fraction of sp³-hybridized carbons (Fsp3) is 0.474. The lowest BCUT2D eigenvalue weighted by molar-refractivity contribution is -0.132. The Kier molecular flexibility index (Phi) is 6.84. The maximum Gasteiger partial charge on any atom is 0.248 e. The quantitative estimate of drug-likeness (QED) is 0.663. The Hall–Kier alpha value is -2.28. The Balaban J connectivity index is 1.68. The Morgan fingerprint density at radius 3 is 2.35 bits per heavy atom. The van der Waals surface area contributed by atoms with Crippen molar-refractivity contribution in [2.45, 2.75) is 43.0 Å². The lowest BCUT2D eigenvalue weighted by Gasteiger charge is -2.25. The second-order valence-electron chi connectivity index (χ2n) is 7.39. The van der Waals surface area contributed by atoms with Gasteiger partial charge in [-0.3, -0.25) is 4.79 Å². The molecule has 10 nitrogen and oxygen atoms in total. The summed E-state index contributed by atoms with van der Waals surface area (Å²) in [6, 6.07) is 6.81. The number of carbonyl (C=O) groups is 1. The number of benzene rings is 1. The highest BCUT2D eigenvalue weighted by Crippen LogP contribution is 2.24. The van der Waals surface area contributed by atoms with E-state index in [0.717, 1.165) is 0 Å². The number of sulfonamides is 2. The van der Waals surface area contributed by atoms with Crippen LogP contribution in [0.2, 0.25) is 0 Å². The standard InChI is InChI=1S/C19H26N4O6S2/c1-14-18(16(3)29-20-14)31(27,28)23-11-7-10-22(12-13-23)19(24)15(2)21-30(25,26)17-8-5-4-6-9-17/h4-6,8-9,15,21H,7,10-13H2,1-3H3/t15-/m0/s1. The van der Waals surface area contributed by atoms with Gasteiger partial charge in [-0.2, -0.15) is 9.03 Å². The number of aromatic nitrogens is 1. The van der Waals surface area contributed by atoms with Gasteiger partial charge in [-0.15, -0.1) is 0 Å². The molecule has 1 aromatic carbocycles. The molecule has 1 N–H and O–H groups in total. The number of amides is 1. The summed E-state index contributed by atoms with van der Waals surface area (Å²) in [5.74, 6) is -0.185. The number of nitrogens with one attached hydrogen (secondary N) is 1. The van der Waals surface area contributed by atoms with Crippen molar-refractivity contribution in [2.24, 2.45) is 0 Å². The molecule has 1 aliphatic rings. The third-order valence-electron chi connectivity index (χ3n) is 5.09. The molecule has 0 aliphatic carbocycles. The van der Waals surface area contributed by atoms with E-state index in [1.165, 1.54) is 28.3 Å². The summed E-state index contributed by atoms with van der Waals surface area (Å²) in [5, 5.41) is 3.72. The van der Waals surface area contributed by atoms with Crippen molar-refractivity contribution in [2.75, 3.05) is 26.2 Å². The van der Waals surface area contributed by atoms with E-state index in [4.69, 9.17) is 4.52 Å². The molecule has 1 amide bonds. The van der Waals surface area contributed by atoms with Crippen molar-refractivity contribution in [3.63, 3.8) is 0 Å². The molecule has 1 saturated heterocycles. The monoisotopic (exact) mass is 470 g/mol. The van der Waals surface area contributed by atoms with Gasteiger partial charge in [0.15, 0.2) is 5.76 Å². The van der Waals surface area contributed by atoms with E-state index in [9.17, 15) is 21.6 Å². The number of hydrogen-bond acceptors (Lipinski definition) is 7. The molecule has 1 aliphatic heterocycles. The molecule has 1 aromatic heterocycles. The Morgan fingerprint density at radius 1 is 1.06 bits per heavy atom. The molecule has 0 unspecified atom stereocenters. The third kappa shape index (κ3) is 4.97. The van der Waals surface area contributed by atoms with Crippen molar-refractivity contribution in [1.82, 2.24) is 19.1 Å². The van der Waals surface area contributed by atoms with E-state index in [-0.39, 0.29) is 35.2 Å². The molecular weight excluding hydrogens is 444 g/mol. The van der Waals surface area contributed by atoms with Gasteiger partial charge in [0.2, 0.25) is 26.0 Å². The minimum atomic E-state index is -3.85. The highest BCUT2D eigenvalue weighted by Gasteiger charge is 2.34. The predicted octanol–water partition coefficient (Wildman–Crippen LogP) is 0.881. The van der Waals surface area contributed by atoms with E-state index in [1.807, 2.05) is 0 Å². The lowest BCUT2D eigenvalue weighted by Crippen LogP contribution is -2.48. The van der Waals surface area contributed by atoms with Crippen LogP contribution in [0.1, 0.15) is 24.8 Å². The van der Waals surface area contributed by atoms with E-state index in [2.05, 4.69) is 9.88 Å². The second kappa shape index (κ2) is 9.07. The van der Waals surface area contributed by atoms with Crippen LogP contribution in [0.4, 0.5) is 0 Å². The zero-order valence-electron chi connectivity index (χ0n) is 17.6. The molecule has 3 rings (SSSR count). The molecule has 0 radical (unpaired) electrons. The fourth-order valence-corrected chi connectivity index (χ4v) is 6.53. The van der Waals surface area contributed by atoms with Crippen LogP contribution in [0.25, 0.3) is 0 Å². The van der Waals surface area contributed by atoms with Gasteiger partial charge < -0.3 is 9.42 Å². The van der Waals surface area contributed by atoms with Crippen LogP contribution in [-0.4, -0.2) is 69.3 Å². The van der Waals surface area contributed by atoms with Gasteiger partial charge in [0.05, 0.1) is 10.9 Å². The van der Waals surface area contributed by atoms with Gasteiger partial charge in [-0.25, -0.2) is 16.8 Å². The number of nitrogens with zero attached hydrogens (tertiary/aromatic N) is 3. The second-order valence-corrected chi connectivity index (χ2v) is 11.0. The van der Waals surface area contributed by atoms with Gasteiger partial charge in [-0.05, 0) is 39.3 Å². The largest absolute Gasteiger partial charge is 0.360 e. The molecule has 2 heterocycles. The first kappa shape index (κ1) is 23.4. The van der Waals surface area contributed by atoms with E-state index < -0.39 is 32.0 Å². The fourth-order valence-electron chi connectivity index (χ4n) is 3.55. The number of carbonyl (C=O) groups excluding carboxylic acids is 1. The molecule has 31 heavy (non-hydrogen) atoms. The van der Waals surface area contributed by atoms with E-state index in [0.29, 0.717) is 18.7 Å². The summed E-state index contributed by atoms with van der Waals surface area (Å²) in [6.45, 7) is 5.39. The van der Waals surface area contributed by atoms with Crippen LogP contribution < -0.4 is 4.72 Å². The predicted molar refractivity (Wildman–Crippen MR) is 112 cm³/mol.